The van der Waals surface area contributed by atoms with Gasteiger partial charge in [-0.1, -0.05) is 18.7 Å². The number of hydrogen-bond donors (Lipinski definition) is 1. The van der Waals surface area contributed by atoms with Crippen LogP contribution in [0.15, 0.2) is 5.16 Å². The highest BCUT2D eigenvalue weighted by atomic mass is 32.2. The summed E-state index contributed by atoms with van der Waals surface area (Å²) in [7, 11) is 0. The van der Waals surface area contributed by atoms with Gasteiger partial charge in [-0.2, -0.15) is 0 Å². The van der Waals surface area contributed by atoms with Crippen molar-refractivity contribution in [3.8, 4) is 0 Å². The third-order valence-corrected chi connectivity index (χ3v) is 5.47. The molecular weight excluding hydrogens is 274 g/mol. The molecule has 1 aliphatic heterocycles. The van der Waals surface area contributed by atoms with Gasteiger partial charge in [0.25, 0.3) is 0 Å². The van der Waals surface area contributed by atoms with Crippen LogP contribution in [0.1, 0.15) is 39.0 Å². The van der Waals surface area contributed by atoms with Crippen LogP contribution in [0.25, 0.3) is 0 Å². The van der Waals surface area contributed by atoms with Gasteiger partial charge in [0.1, 0.15) is 0 Å². The predicted molar refractivity (Wildman–Crippen MR) is 77.8 cm³/mol. The number of nitrogens with one attached hydrogen (secondary N) is 1. The number of hydrogen-bond acceptors (Lipinski definition) is 6. The van der Waals surface area contributed by atoms with Crippen LogP contribution in [0.5, 0.6) is 0 Å². The van der Waals surface area contributed by atoms with E-state index in [1.54, 1.807) is 0 Å². The van der Waals surface area contributed by atoms with E-state index in [0.29, 0.717) is 5.25 Å². The van der Waals surface area contributed by atoms with E-state index in [4.69, 9.17) is 4.74 Å². The molecule has 1 aromatic rings. The average molecular weight is 297 g/mol. The van der Waals surface area contributed by atoms with E-state index < -0.39 is 0 Å². The van der Waals surface area contributed by atoms with E-state index in [1.807, 2.05) is 16.4 Å². The Morgan fingerprint density at radius 1 is 1.50 bits per heavy atom. The zero-order valence-electron chi connectivity index (χ0n) is 12.0. The van der Waals surface area contributed by atoms with Gasteiger partial charge in [0.05, 0.1) is 12.1 Å². The molecule has 0 aromatic carbocycles. The quantitative estimate of drug-likeness (QED) is 0.802. The summed E-state index contributed by atoms with van der Waals surface area (Å²) >= 11 is 1.83. The Bertz CT molecular complexity index is 434. The Balaban J connectivity index is 1.55. The summed E-state index contributed by atoms with van der Waals surface area (Å²) in [5, 5.41) is 16.9. The molecular formula is C13H23N5OS. The van der Waals surface area contributed by atoms with Crippen LogP contribution in [0.4, 0.5) is 0 Å². The number of ether oxygens (including phenoxy) is 1. The molecule has 1 unspecified atom stereocenters. The van der Waals surface area contributed by atoms with E-state index in [-0.39, 0.29) is 5.60 Å². The first-order valence-electron chi connectivity index (χ1n) is 7.59. The minimum absolute atomic E-state index is 0.192. The first-order valence-corrected chi connectivity index (χ1v) is 8.47. The third kappa shape index (κ3) is 3.15. The second-order valence-electron chi connectivity index (χ2n) is 5.66. The van der Waals surface area contributed by atoms with Gasteiger partial charge in [0.15, 0.2) is 0 Å². The molecule has 0 bridgehead atoms. The fraction of sp³-hybridized carbons (Fsp3) is 0.923. The summed E-state index contributed by atoms with van der Waals surface area (Å²) in [4.78, 5) is 0. The van der Waals surface area contributed by atoms with Crippen LogP contribution in [0, 0.1) is 0 Å². The summed E-state index contributed by atoms with van der Waals surface area (Å²) in [6.07, 6.45) is 6.03. The number of aromatic nitrogens is 4. The molecule has 1 aromatic heterocycles. The van der Waals surface area contributed by atoms with E-state index in [2.05, 4.69) is 27.8 Å². The van der Waals surface area contributed by atoms with Crippen molar-refractivity contribution in [3.63, 3.8) is 0 Å². The van der Waals surface area contributed by atoms with Crippen molar-refractivity contribution >= 4 is 11.8 Å². The number of tetrazole rings is 1. The van der Waals surface area contributed by atoms with Gasteiger partial charge >= 0.3 is 0 Å². The zero-order chi connectivity index (χ0) is 13.8. The Labute approximate surface area is 124 Å². The maximum atomic E-state index is 5.98. The summed E-state index contributed by atoms with van der Waals surface area (Å²) in [5.41, 5.74) is 0.192. The van der Waals surface area contributed by atoms with Gasteiger partial charge in [-0.3, -0.25) is 0 Å². The number of likely N-dealkylation sites (N-methyl/N-ethyl adjacent to an activating group) is 1. The SMILES string of the molecule is CCNCCn1nnnc1SC1CCOC2(CCC2)C1. The van der Waals surface area contributed by atoms with Gasteiger partial charge in [-0.05, 0) is 49.1 Å². The molecule has 2 aliphatic rings. The predicted octanol–water partition coefficient (Wildman–Crippen LogP) is 1.48. The van der Waals surface area contributed by atoms with Crippen LogP contribution >= 0.6 is 11.8 Å². The molecule has 112 valence electrons. The largest absolute Gasteiger partial charge is 0.375 e. The standard InChI is InChI=1S/C13H23N5OS/c1-2-14-7-8-18-12(15-16-17-18)20-11-4-9-19-13(10-11)5-3-6-13/h11,14H,2-10H2,1H3. The van der Waals surface area contributed by atoms with Crippen LogP contribution in [-0.4, -0.2) is 50.8 Å². The molecule has 1 N–H and O–H groups in total. The first-order chi connectivity index (χ1) is 9.81. The van der Waals surface area contributed by atoms with Crippen molar-refractivity contribution in [2.75, 3.05) is 19.7 Å². The molecule has 0 amide bonds. The summed E-state index contributed by atoms with van der Waals surface area (Å²) in [6.45, 7) is 5.71. The molecule has 7 heteroatoms. The minimum atomic E-state index is 0.192. The zero-order valence-corrected chi connectivity index (χ0v) is 12.9. The lowest BCUT2D eigenvalue weighted by atomic mass is 9.75. The van der Waals surface area contributed by atoms with E-state index in [1.165, 1.54) is 19.3 Å². The van der Waals surface area contributed by atoms with Crippen LogP contribution in [0.2, 0.25) is 0 Å². The highest BCUT2D eigenvalue weighted by Gasteiger charge is 2.43. The highest BCUT2D eigenvalue weighted by molar-refractivity contribution is 7.99. The molecule has 2 heterocycles. The lowest BCUT2D eigenvalue weighted by molar-refractivity contribution is -0.125. The lowest BCUT2D eigenvalue weighted by Crippen LogP contribution is -2.46. The number of thioether (sulfide) groups is 1. The van der Waals surface area contributed by atoms with Crippen molar-refractivity contribution in [3.05, 3.63) is 0 Å². The Morgan fingerprint density at radius 2 is 2.40 bits per heavy atom. The number of rotatable bonds is 6. The van der Waals surface area contributed by atoms with Crippen molar-refractivity contribution in [2.45, 2.75) is 61.6 Å². The molecule has 3 rings (SSSR count). The summed E-state index contributed by atoms with van der Waals surface area (Å²) < 4.78 is 7.89. The van der Waals surface area contributed by atoms with Crippen LogP contribution in [-0.2, 0) is 11.3 Å². The molecule has 1 saturated heterocycles. The summed E-state index contributed by atoms with van der Waals surface area (Å²) in [6, 6.07) is 0. The normalized spacial score (nSPS) is 24.8. The van der Waals surface area contributed by atoms with Gasteiger partial charge in [-0.25, -0.2) is 4.68 Å². The number of nitrogens with zero attached hydrogens (tertiary/aromatic N) is 4. The van der Waals surface area contributed by atoms with Gasteiger partial charge in [0.2, 0.25) is 5.16 Å². The highest BCUT2D eigenvalue weighted by Crippen LogP contribution is 2.45. The minimum Gasteiger partial charge on any atom is -0.375 e. The maximum Gasteiger partial charge on any atom is 0.209 e. The van der Waals surface area contributed by atoms with Crippen molar-refractivity contribution in [1.29, 1.82) is 0 Å². The average Bonchev–Trinajstić information content (AvgIpc) is 2.85. The molecule has 1 saturated carbocycles. The van der Waals surface area contributed by atoms with Crippen molar-refractivity contribution in [1.82, 2.24) is 25.5 Å². The van der Waals surface area contributed by atoms with E-state index in [9.17, 15) is 0 Å². The fourth-order valence-electron chi connectivity index (χ4n) is 2.93. The molecule has 20 heavy (non-hydrogen) atoms. The molecule has 1 spiro atoms. The summed E-state index contributed by atoms with van der Waals surface area (Å²) in [5.74, 6) is 0. The maximum absolute atomic E-state index is 5.98. The van der Waals surface area contributed by atoms with E-state index in [0.717, 1.165) is 44.2 Å². The lowest BCUT2D eigenvalue weighted by Gasteiger charge is -2.46. The Kier molecular flexibility index (Phi) is 4.58. The third-order valence-electron chi connectivity index (χ3n) is 4.23. The molecule has 1 atom stereocenters. The van der Waals surface area contributed by atoms with Crippen LogP contribution in [0.3, 0.4) is 0 Å². The second-order valence-corrected chi connectivity index (χ2v) is 6.92. The van der Waals surface area contributed by atoms with Gasteiger partial charge < -0.3 is 10.1 Å². The molecule has 1 aliphatic carbocycles. The Hall–Kier alpha value is -0.660. The van der Waals surface area contributed by atoms with Crippen molar-refractivity contribution < 1.29 is 4.74 Å². The topological polar surface area (TPSA) is 64.9 Å². The first kappa shape index (κ1) is 14.3. The Morgan fingerprint density at radius 3 is 3.15 bits per heavy atom. The van der Waals surface area contributed by atoms with E-state index >= 15 is 0 Å². The van der Waals surface area contributed by atoms with Crippen LogP contribution < -0.4 is 5.32 Å². The molecule has 0 radical (unpaired) electrons. The van der Waals surface area contributed by atoms with Gasteiger partial charge in [0, 0.05) is 18.4 Å². The monoisotopic (exact) mass is 297 g/mol. The molecule has 2 fully saturated rings. The van der Waals surface area contributed by atoms with Crippen molar-refractivity contribution in [2.24, 2.45) is 0 Å². The smallest absolute Gasteiger partial charge is 0.209 e. The van der Waals surface area contributed by atoms with Gasteiger partial charge in [-0.15, -0.1) is 5.10 Å². The molecule has 6 nitrogen and oxygen atoms in total. The fourth-order valence-corrected chi connectivity index (χ4v) is 4.17. The second kappa shape index (κ2) is 6.41.